The van der Waals surface area contributed by atoms with Crippen molar-refractivity contribution in [1.82, 2.24) is 19.5 Å². The van der Waals surface area contributed by atoms with Crippen molar-refractivity contribution in [3.05, 3.63) is 37.1 Å². The molecule has 3 aromatic heterocycles. The summed E-state index contributed by atoms with van der Waals surface area (Å²) in [4.78, 5) is 25.0. The van der Waals surface area contributed by atoms with Gasteiger partial charge in [0.2, 0.25) is 0 Å². The van der Waals surface area contributed by atoms with E-state index in [1.807, 2.05) is 23.7 Å². The Kier molecular flexibility index (Phi) is 3.70. The number of hydrogen-bond donors (Lipinski definition) is 1. The maximum Gasteiger partial charge on any atom is 0.254 e. The third-order valence-electron chi connectivity index (χ3n) is 4.15. The van der Waals surface area contributed by atoms with Crippen molar-refractivity contribution in [3.63, 3.8) is 0 Å². The molecule has 7 heteroatoms. The normalized spacial score (nSPS) is 17.3. The fourth-order valence-corrected chi connectivity index (χ4v) is 2.87. The van der Waals surface area contributed by atoms with Crippen LogP contribution in [0.25, 0.3) is 22.2 Å². The van der Waals surface area contributed by atoms with Crippen molar-refractivity contribution in [1.29, 1.82) is 0 Å². The highest BCUT2D eigenvalue weighted by atomic mass is 16.5. The topological polar surface area (TPSA) is 81.9 Å². The second kappa shape index (κ2) is 6.01. The number of amides is 1. The van der Waals surface area contributed by atoms with E-state index in [1.165, 1.54) is 0 Å². The van der Waals surface area contributed by atoms with Crippen LogP contribution in [0.4, 0.5) is 5.82 Å². The minimum Gasteiger partial charge on any atom is -0.368 e. The van der Waals surface area contributed by atoms with Gasteiger partial charge in [-0.1, -0.05) is 0 Å². The summed E-state index contributed by atoms with van der Waals surface area (Å²) in [5.41, 5.74) is 2.72. The molecule has 4 rings (SSSR count). The minimum absolute atomic E-state index is 0.143. The first-order valence-electron chi connectivity index (χ1n) is 7.86. The number of pyridine rings is 2. The smallest absolute Gasteiger partial charge is 0.254 e. The molecule has 1 aliphatic heterocycles. The van der Waals surface area contributed by atoms with Gasteiger partial charge in [0.25, 0.3) is 5.91 Å². The van der Waals surface area contributed by atoms with E-state index in [1.54, 1.807) is 24.9 Å². The monoisotopic (exact) mass is 323 g/mol. The number of carbonyl (C=O) groups is 1. The number of imidazole rings is 1. The van der Waals surface area contributed by atoms with E-state index in [2.05, 4.69) is 20.3 Å². The molecule has 0 radical (unpaired) electrons. The Bertz CT molecular complexity index is 899. The van der Waals surface area contributed by atoms with Crippen LogP contribution >= 0.6 is 0 Å². The molecule has 24 heavy (non-hydrogen) atoms. The molecule has 0 aromatic carbocycles. The lowest BCUT2D eigenvalue weighted by atomic mass is 10.1. The number of nitrogens with one attached hydrogen (secondary N) is 1. The van der Waals surface area contributed by atoms with Crippen molar-refractivity contribution in [2.45, 2.75) is 18.9 Å². The molecule has 1 aliphatic rings. The summed E-state index contributed by atoms with van der Waals surface area (Å²) >= 11 is 0. The Morgan fingerprint density at radius 2 is 2.21 bits per heavy atom. The van der Waals surface area contributed by atoms with Gasteiger partial charge in [0.1, 0.15) is 11.9 Å². The van der Waals surface area contributed by atoms with Gasteiger partial charge in [-0.15, -0.1) is 0 Å². The van der Waals surface area contributed by atoms with Crippen molar-refractivity contribution in [2.24, 2.45) is 7.05 Å². The van der Waals surface area contributed by atoms with Crippen LogP contribution in [0.1, 0.15) is 12.8 Å². The molecule has 1 amide bonds. The van der Waals surface area contributed by atoms with Crippen molar-refractivity contribution in [3.8, 4) is 11.3 Å². The van der Waals surface area contributed by atoms with Gasteiger partial charge in [-0.2, -0.15) is 0 Å². The van der Waals surface area contributed by atoms with Gasteiger partial charge in [-0.3, -0.25) is 9.78 Å². The lowest BCUT2D eigenvalue weighted by Gasteiger charge is -2.10. The second-order valence-corrected chi connectivity index (χ2v) is 5.87. The molecule has 1 unspecified atom stereocenters. The standard InChI is InChI=1S/C17H17N5O2/c1-22-10-18-9-14(22)12-5-11-6-16(20-8-13(11)19-7-12)21-17(23)15-3-2-4-24-15/h5-10,15H,2-4H2,1H3,(H,20,21,23). The molecule has 0 bridgehead atoms. The predicted molar refractivity (Wildman–Crippen MR) is 89.3 cm³/mol. The zero-order valence-electron chi connectivity index (χ0n) is 13.3. The number of hydrogen-bond acceptors (Lipinski definition) is 5. The highest BCUT2D eigenvalue weighted by Crippen LogP contribution is 2.23. The number of anilines is 1. The van der Waals surface area contributed by atoms with E-state index in [0.717, 1.165) is 35.0 Å². The number of fused-ring (bicyclic) bond motifs is 1. The van der Waals surface area contributed by atoms with Crippen LogP contribution in [0, 0.1) is 0 Å². The first-order chi connectivity index (χ1) is 11.7. The average Bonchev–Trinajstić information content (AvgIpc) is 3.25. The molecule has 4 heterocycles. The quantitative estimate of drug-likeness (QED) is 0.798. The molecule has 0 saturated carbocycles. The van der Waals surface area contributed by atoms with Crippen molar-refractivity contribution >= 4 is 22.6 Å². The highest BCUT2D eigenvalue weighted by molar-refractivity contribution is 5.95. The zero-order chi connectivity index (χ0) is 16.5. The molecular weight excluding hydrogens is 306 g/mol. The van der Waals surface area contributed by atoms with Crippen LogP contribution in [-0.4, -0.2) is 38.1 Å². The molecule has 122 valence electrons. The first-order valence-corrected chi connectivity index (χ1v) is 7.86. The maximum absolute atomic E-state index is 12.1. The average molecular weight is 323 g/mol. The van der Waals surface area contributed by atoms with Gasteiger partial charge in [0.05, 0.1) is 29.9 Å². The van der Waals surface area contributed by atoms with Gasteiger partial charge in [-0.05, 0) is 25.0 Å². The Balaban J connectivity index is 1.64. The fraction of sp³-hybridized carbons (Fsp3) is 0.294. The van der Waals surface area contributed by atoms with Crippen LogP contribution in [0.15, 0.2) is 37.1 Å². The van der Waals surface area contributed by atoms with E-state index >= 15 is 0 Å². The first kappa shape index (κ1) is 14.8. The molecule has 0 aliphatic carbocycles. The van der Waals surface area contributed by atoms with Gasteiger partial charge < -0.3 is 14.6 Å². The molecule has 0 spiro atoms. The maximum atomic E-state index is 12.1. The summed E-state index contributed by atoms with van der Waals surface area (Å²) in [5.74, 6) is 0.363. The third kappa shape index (κ3) is 2.74. The molecule has 3 aromatic rings. The van der Waals surface area contributed by atoms with Crippen LogP contribution in [-0.2, 0) is 16.6 Å². The number of rotatable bonds is 3. The molecule has 1 saturated heterocycles. The van der Waals surface area contributed by atoms with Gasteiger partial charge in [-0.25, -0.2) is 9.97 Å². The summed E-state index contributed by atoms with van der Waals surface area (Å²) in [6.07, 6.45) is 8.30. The van der Waals surface area contributed by atoms with Crippen LogP contribution < -0.4 is 5.32 Å². The largest absolute Gasteiger partial charge is 0.368 e. The van der Waals surface area contributed by atoms with E-state index in [0.29, 0.717) is 12.4 Å². The van der Waals surface area contributed by atoms with Gasteiger partial charge >= 0.3 is 0 Å². The molecule has 1 N–H and O–H groups in total. The SMILES string of the molecule is Cn1cncc1-c1cnc2cnc(NC(=O)C3CCCO3)cc2c1. The number of carbonyl (C=O) groups excluding carboxylic acids is 1. The Morgan fingerprint density at radius 3 is 2.96 bits per heavy atom. The predicted octanol–water partition coefficient (Wildman–Crippen LogP) is 2.15. The van der Waals surface area contributed by atoms with E-state index in [-0.39, 0.29) is 12.0 Å². The summed E-state index contributed by atoms with van der Waals surface area (Å²) in [6, 6.07) is 3.85. The second-order valence-electron chi connectivity index (χ2n) is 5.87. The fourth-order valence-electron chi connectivity index (χ4n) is 2.87. The number of aromatic nitrogens is 4. The number of nitrogens with zero attached hydrogens (tertiary/aromatic N) is 4. The summed E-state index contributed by atoms with van der Waals surface area (Å²) in [5, 5.41) is 3.73. The highest BCUT2D eigenvalue weighted by Gasteiger charge is 2.23. The van der Waals surface area contributed by atoms with E-state index < -0.39 is 0 Å². The van der Waals surface area contributed by atoms with E-state index in [9.17, 15) is 4.79 Å². The molecule has 7 nitrogen and oxygen atoms in total. The number of aryl methyl sites for hydroxylation is 1. The minimum atomic E-state index is -0.374. The van der Waals surface area contributed by atoms with Gasteiger partial charge in [0.15, 0.2) is 0 Å². The molecular formula is C17H17N5O2. The lowest BCUT2D eigenvalue weighted by Crippen LogP contribution is -2.27. The lowest BCUT2D eigenvalue weighted by molar-refractivity contribution is -0.124. The van der Waals surface area contributed by atoms with Crippen molar-refractivity contribution in [2.75, 3.05) is 11.9 Å². The van der Waals surface area contributed by atoms with Gasteiger partial charge in [0, 0.05) is 30.8 Å². The summed E-state index contributed by atoms with van der Waals surface area (Å²) in [6.45, 7) is 0.640. The van der Waals surface area contributed by atoms with E-state index in [4.69, 9.17) is 4.74 Å². The Labute approximate surface area is 138 Å². The van der Waals surface area contributed by atoms with Crippen LogP contribution in [0.5, 0.6) is 0 Å². The number of ether oxygens (including phenoxy) is 1. The molecule has 1 atom stereocenters. The molecule has 1 fully saturated rings. The zero-order valence-corrected chi connectivity index (χ0v) is 13.3. The van der Waals surface area contributed by atoms with Crippen LogP contribution in [0.3, 0.4) is 0 Å². The third-order valence-corrected chi connectivity index (χ3v) is 4.15. The van der Waals surface area contributed by atoms with Crippen molar-refractivity contribution < 1.29 is 9.53 Å². The summed E-state index contributed by atoms with van der Waals surface area (Å²) < 4.78 is 7.33. The Morgan fingerprint density at radius 1 is 1.29 bits per heavy atom. The Hall–Kier alpha value is -2.80. The summed E-state index contributed by atoms with van der Waals surface area (Å²) in [7, 11) is 1.94. The van der Waals surface area contributed by atoms with Crippen LogP contribution in [0.2, 0.25) is 0 Å².